The number of thioether (sulfide) groups is 1. The molecule has 8 heteroatoms. The summed E-state index contributed by atoms with van der Waals surface area (Å²) in [6, 6.07) is 14.6. The van der Waals surface area contributed by atoms with Crippen LogP contribution in [0.3, 0.4) is 0 Å². The number of aromatic nitrogens is 1. The van der Waals surface area contributed by atoms with Crippen molar-refractivity contribution in [2.75, 3.05) is 18.8 Å². The molecule has 0 spiro atoms. The lowest BCUT2D eigenvalue weighted by atomic mass is 10.0. The van der Waals surface area contributed by atoms with Crippen LogP contribution < -0.4 is 5.32 Å². The van der Waals surface area contributed by atoms with Gasteiger partial charge in [0.2, 0.25) is 11.8 Å². The molecule has 0 radical (unpaired) electrons. The highest BCUT2D eigenvalue weighted by Crippen LogP contribution is 2.25. The van der Waals surface area contributed by atoms with Crippen LogP contribution in [0.1, 0.15) is 21.1 Å². The van der Waals surface area contributed by atoms with E-state index in [1.807, 2.05) is 19.1 Å². The number of aryl methyl sites for hydroxylation is 1. The molecule has 3 amide bonds. The number of fused-ring (bicyclic) bond motifs is 1. The molecule has 1 fully saturated rings. The number of imide groups is 1. The minimum Gasteiger partial charge on any atom is -0.354 e. The second-order valence-corrected chi connectivity index (χ2v) is 9.15. The van der Waals surface area contributed by atoms with Crippen molar-refractivity contribution in [2.45, 2.75) is 19.8 Å². The Balaban J connectivity index is 1.36. The lowest BCUT2D eigenvalue weighted by molar-refractivity contribution is -0.125. The predicted molar refractivity (Wildman–Crippen MR) is 120 cm³/mol. The number of nitrogens with one attached hydrogen (secondary N) is 1. The molecule has 6 nitrogen and oxygen atoms in total. The molecule has 0 atom stereocenters. The maximum atomic E-state index is 12.3. The molecule has 0 aliphatic carbocycles. The minimum absolute atomic E-state index is 0.134. The maximum absolute atomic E-state index is 12.3. The van der Waals surface area contributed by atoms with Crippen molar-refractivity contribution in [1.29, 1.82) is 0 Å². The summed E-state index contributed by atoms with van der Waals surface area (Å²) < 4.78 is 0. The number of carbonyl (C=O) groups is 3. The Morgan fingerprint density at radius 3 is 2.77 bits per heavy atom. The van der Waals surface area contributed by atoms with Gasteiger partial charge in [-0.2, -0.15) is 0 Å². The number of thiazole rings is 1. The molecule has 30 heavy (non-hydrogen) atoms. The van der Waals surface area contributed by atoms with E-state index in [2.05, 4.69) is 40.6 Å². The number of rotatable bonds is 7. The van der Waals surface area contributed by atoms with Gasteiger partial charge in [-0.05, 0) is 23.3 Å². The summed E-state index contributed by atoms with van der Waals surface area (Å²) in [4.78, 5) is 42.3. The summed E-state index contributed by atoms with van der Waals surface area (Å²) in [7, 11) is 0. The number of hydrogen-bond donors (Lipinski definition) is 1. The fourth-order valence-electron chi connectivity index (χ4n) is 3.45. The number of carbonyl (C=O) groups excluding carboxylic acids is 3. The van der Waals surface area contributed by atoms with E-state index in [-0.39, 0.29) is 42.3 Å². The van der Waals surface area contributed by atoms with Crippen LogP contribution in [0.25, 0.3) is 10.8 Å². The van der Waals surface area contributed by atoms with E-state index in [4.69, 9.17) is 0 Å². The lowest BCUT2D eigenvalue weighted by Crippen LogP contribution is -2.37. The number of amides is 3. The van der Waals surface area contributed by atoms with Gasteiger partial charge >= 0.3 is 0 Å². The fraction of sp³-hybridized carbons (Fsp3) is 0.273. The predicted octanol–water partition coefficient (Wildman–Crippen LogP) is 3.55. The maximum Gasteiger partial charge on any atom is 0.288 e. The smallest absolute Gasteiger partial charge is 0.288 e. The van der Waals surface area contributed by atoms with Crippen LogP contribution in [0.2, 0.25) is 0 Å². The van der Waals surface area contributed by atoms with E-state index < -0.39 is 0 Å². The van der Waals surface area contributed by atoms with Crippen molar-refractivity contribution in [3.05, 3.63) is 63.6 Å². The highest BCUT2D eigenvalue weighted by Gasteiger charge is 2.29. The standard InChI is InChI=1S/C22H21N3O3S2/c1-14-18(12-19(26)23-9-10-25-21(27)13-29-22(25)28)30-20(24-14)11-16-7-4-6-15-5-2-3-8-17(15)16/h2-8H,9-13H2,1H3,(H,23,26). The molecule has 1 saturated heterocycles. The monoisotopic (exact) mass is 439 g/mol. The first-order valence-corrected chi connectivity index (χ1v) is 11.5. The van der Waals surface area contributed by atoms with Crippen LogP contribution >= 0.6 is 23.1 Å². The quantitative estimate of drug-likeness (QED) is 0.609. The molecule has 1 aliphatic rings. The Bertz CT molecular complexity index is 1100. The molecule has 0 unspecified atom stereocenters. The molecule has 2 heterocycles. The second kappa shape index (κ2) is 8.97. The van der Waals surface area contributed by atoms with Crippen molar-refractivity contribution in [3.8, 4) is 0 Å². The third kappa shape index (κ3) is 4.55. The summed E-state index contributed by atoms with van der Waals surface area (Å²) in [6.45, 7) is 2.40. The average Bonchev–Trinajstić information content (AvgIpc) is 3.24. The molecule has 1 N–H and O–H groups in total. The second-order valence-electron chi connectivity index (χ2n) is 7.06. The van der Waals surface area contributed by atoms with E-state index in [1.54, 1.807) is 11.3 Å². The van der Waals surface area contributed by atoms with Gasteiger partial charge in [0, 0.05) is 24.4 Å². The third-order valence-electron chi connectivity index (χ3n) is 4.98. The van der Waals surface area contributed by atoms with Crippen LogP contribution in [0, 0.1) is 6.92 Å². The van der Waals surface area contributed by atoms with Crippen LogP contribution in [0.5, 0.6) is 0 Å². The summed E-state index contributed by atoms with van der Waals surface area (Å²) >= 11 is 2.56. The van der Waals surface area contributed by atoms with Crippen LogP contribution in [-0.4, -0.2) is 45.8 Å². The van der Waals surface area contributed by atoms with E-state index in [9.17, 15) is 14.4 Å². The molecular weight excluding hydrogens is 418 g/mol. The normalized spacial score (nSPS) is 14.0. The minimum atomic E-state index is -0.245. The Labute approximate surface area is 182 Å². The Hall–Kier alpha value is -2.71. The van der Waals surface area contributed by atoms with E-state index in [0.717, 1.165) is 33.8 Å². The molecule has 2 aromatic carbocycles. The highest BCUT2D eigenvalue weighted by atomic mass is 32.2. The summed E-state index contributed by atoms with van der Waals surface area (Å²) in [5.41, 5.74) is 2.09. The van der Waals surface area contributed by atoms with Crippen LogP contribution in [-0.2, 0) is 22.4 Å². The van der Waals surface area contributed by atoms with Gasteiger partial charge < -0.3 is 5.32 Å². The van der Waals surface area contributed by atoms with Crippen molar-refractivity contribution >= 4 is 50.9 Å². The zero-order valence-corrected chi connectivity index (χ0v) is 18.1. The first kappa shape index (κ1) is 20.6. The van der Waals surface area contributed by atoms with E-state index in [1.165, 1.54) is 21.2 Å². The van der Waals surface area contributed by atoms with Gasteiger partial charge in [0.25, 0.3) is 5.24 Å². The Morgan fingerprint density at radius 1 is 1.17 bits per heavy atom. The number of nitrogens with zero attached hydrogens (tertiary/aromatic N) is 2. The fourth-order valence-corrected chi connectivity index (χ4v) is 5.29. The number of hydrogen-bond acceptors (Lipinski definition) is 6. The topological polar surface area (TPSA) is 79.4 Å². The van der Waals surface area contributed by atoms with Gasteiger partial charge in [0.1, 0.15) is 0 Å². The largest absolute Gasteiger partial charge is 0.354 e. The summed E-state index contributed by atoms with van der Waals surface area (Å²) in [6.07, 6.45) is 0.973. The van der Waals surface area contributed by atoms with Crippen molar-refractivity contribution in [1.82, 2.24) is 15.2 Å². The molecule has 154 valence electrons. The molecular formula is C22H21N3O3S2. The summed E-state index contributed by atoms with van der Waals surface area (Å²) in [5.74, 6) is -0.146. The lowest BCUT2D eigenvalue weighted by Gasteiger charge is -2.12. The zero-order valence-electron chi connectivity index (χ0n) is 16.5. The van der Waals surface area contributed by atoms with Gasteiger partial charge in [-0.3, -0.25) is 19.3 Å². The Morgan fingerprint density at radius 2 is 1.97 bits per heavy atom. The molecule has 1 aromatic heterocycles. The first-order chi connectivity index (χ1) is 14.5. The average molecular weight is 440 g/mol. The van der Waals surface area contributed by atoms with Gasteiger partial charge in [-0.15, -0.1) is 11.3 Å². The van der Waals surface area contributed by atoms with Gasteiger partial charge in [0.05, 0.1) is 22.9 Å². The SMILES string of the molecule is Cc1nc(Cc2cccc3ccccc23)sc1CC(=O)NCCN1C(=O)CSC1=O. The van der Waals surface area contributed by atoms with E-state index in [0.29, 0.717) is 0 Å². The highest BCUT2D eigenvalue weighted by molar-refractivity contribution is 8.14. The molecule has 0 bridgehead atoms. The molecule has 3 aromatic rings. The van der Waals surface area contributed by atoms with Crippen LogP contribution in [0.15, 0.2) is 42.5 Å². The van der Waals surface area contributed by atoms with E-state index >= 15 is 0 Å². The van der Waals surface area contributed by atoms with Gasteiger partial charge in [-0.25, -0.2) is 4.98 Å². The van der Waals surface area contributed by atoms with Crippen molar-refractivity contribution in [2.24, 2.45) is 0 Å². The molecule has 4 rings (SSSR count). The zero-order chi connectivity index (χ0) is 21.1. The first-order valence-electron chi connectivity index (χ1n) is 9.67. The number of benzene rings is 2. The van der Waals surface area contributed by atoms with Gasteiger partial charge in [0.15, 0.2) is 0 Å². The van der Waals surface area contributed by atoms with Crippen LogP contribution in [0.4, 0.5) is 4.79 Å². The Kier molecular flexibility index (Phi) is 6.15. The third-order valence-corrected chi connectivity index (χ3v) is 6.99. The van der Waals surface area contributed by atoms with Gasteiger partial charge in [-0.1, -0.05) is 54.2 Å². The van der Waals surface area contributed by atoms with Crippen molar-refractivity contribution < 1.29 is 14.4 Å². The molecule has 0 saturated carbocycles. The van der Waals surface area contributed by atoms with Crippen molar-refractivity contribution in [3.63, 3.8) is 0 Å². The molecule has 1 aliphatic heterocycles. The summed E-state index contributed by atoms with van der Waals surface area (Å²) in [5, 5.41) is 5.96.